The summed E-state index contributed by atoms with van der Waals surface area (Å²) >= 11 is 1.70. The van der Waals surface area contributed by atoms with E-state index in [1.54, 1.807) is 32.1 Å². The smallest absolute Gasteiger partial charge is 0.155 e. The summed E-state index contributed by atoms with van der Waals surface area (Å²) in [6, 6.07) is 8.25. The number of rotatable bonds is 8. The maximum atomic E-state index is 12.1. The Morgan fingerprint density at radius 2 is 1.83 bits per heavy atom. The van der Waals surface area contributed by atoms with Gasteiger partial charge in [-0.1, -0.05) is 12.5 Å². The molecule has 5 heteroatoms. The summed E-state index contributed by atoms with van der Waals surface area (Å²) in [5.74, 6) is 0.433. The molecule has 0 N–H and O–H groups in total. The van der Waals surface area contributed by atoms with E-state index in [-0.39, 0.29) is 11.5 Å². The van der Waals surface area contributed by atoms with Crippen molar-refractivity contribution in [1.82, 2.24) is 0 Å². The van der Waals surface area contributed by atoms with Gasteiger partial charge in [0.25, 0.3) is 0 Å². The molecule has 0 aliphatic heterocycles. The molecule has 3 nitrogen and oxygen atoms in total. The lowest BCUT2D eigenvalue weighted by Gasteiger charge is -2.18. The maximum absolute atomic E-state index is 12.1. The number of carbonyl (C=O) groups is 1. The highest BCUT2D eigenvalue weighted by Gasteiger charge is 2.27. The van der Waals surface area contributed by atoms with Gasteiger partial charge in [0.1, 0.15) is 5.78 Å². The van der Waals surface area contributed by atoms with Crippen LogP contribution in [0, 0.1) is 0 Å². The Hall–Kier alpha value is -1.20. The van der Waals surface area contributed by atoms with Crippen molar-refractivity contribution >= 4 is 37.0 Å². The van der Waals surface area contributed by atoms with E-state index in [0.29, 0.717) is 19.3 Å². The molecule has 0 fully saturated rings. The van der Waals surface area contributed by atoms with Crippen molar-refractivity contribution < 1.29 is 13.2 Å². The van der Waals surface area contributed by atoms with E-state index in [1.165, 1.54) is 10.1 Å². The van der Waals surface area contributed by atoms with Gasteiger partial charge in [0.15, 0.2) is 9.84 Å². The number of carbonyl (C=O) groups excluding carboxylic acids is 1. The zero-order valence-corrected chi connectivity index (χ0v) is 16.3. The molecule has 0 unspecified atom stereocenters. The molecule has 2 aromatic rings. The van der Waals surface area contributed by atoms with E-state index in [2.05, 4.69) is 23.6 Å². The van der Waals surface area contributed by atoms with Gasteiger partial charge in [-0.25, -0.2) is 8.42 Å². The van der Waals surface area contributed by atoms with Gasteiger partial charge in [0.05, 0.1) is 10.5 Å². The number of benzene rings is 1. The van der Waals surface area contributed by atoms with Crippen molar-refractivity contribution in [3.8, 4) is 0 Å². The Balaban J connectivity index is 1.72. The minimum Gasteiger partial charge on any atom is -0.299 e. The van der Waals surface area contributed by atoms with E-state index in [1.807, 2.05) is 6.07 Å². The van der Waals surface area contributed by atoms with Crippen LogP contribution in [0.5, 0.6) is 0 Å². The zero-order valence-electron chi connectivity index (χ0n) is 14.7. The topological polar surface area (TPSA) is 51.2 Å². The van der Waals surface area contributed by atoms with Crippen LogP contribution in [0.1, 0.15) is 52.0 Å². The molecule has 0 aliphatic carbocycles. The van der Waals surface area contributed by atoms with Gasteiger partial charge < -0.3 is 0 Å². The number of unbranched alkanes of at least 4 members (excludes halogenated alkanes) is 2. The molecule has 1 heterocycles. The fraction of sp³-hybridized carbons (Fsp3) is 0.526. The molecule has 0 saturated carbocycles. The lowest BCUT2D eigenvalue weighted by molar-refractivity contribution is -0.118. The lowest BCUT2D eigenvalue weighted by Crippen LogP contribution is -2.30. The van der Waals surface area contributed by atoms with Gasteiger partial charge in [-0.3, -0.25) is 4.79 Å². The number of fused-ring (bicyclic) bond motifs is 1. The Labute approximate surface area is 149 Å². The fourth-order valence-corrected chi connectivity index (χ4v) is 4.51. The second-order valence-corrected chi connectivity index (χ2v) is 11.1. The van der Waals surface area contributed by atoms with Gasteiger partial charge in [-0.15, -0.1) is 11.3 Å². The normalized spacial score (nSPS) is 12.6. The largest absolute Gasteiger partial charge is 0.299 e. The van der Waals surface area contributed by atoms with Crippen molar-refractivity contribution in [1.29, 1.82) is 0 Å². The third-order valence-corrected chi connectivity index (χ3v) is 7.81. The predicted molar refractivity (Wildman–Crippen MR) is 103 cm³/mol. The average Bonchev–Trinajstić information content (AvgIpc) is 2.93. The highest BCUT2D eigenvalue weighted by molar-refractivity contribution is 7.92. The van der Waals surface area contributed by atoms with Crippen LogP contribution in [-0.2, 0) is 21.1 Å². The lowest BCUT2D eigenvalue weighted by atomic mass is 10.0. The third-order valence-electron chi connectivity index (χ3n) is 4.22. The van der Waals surface area contributed by atoms with E-state index in [0.717, 1.165) is 18.4 Å². The van der Waals surface area contributed by atoms with Crippen molar-refractivity contribution in [2.24, 2.45) is 0 Å². The maximum Gasteiger partial charge on any atom is 0.155 e. The Morgan fingerprint density at radius 3 is 2.54 bits per heavy atom. The first-order chi connectivity index (χ1) is 11.2. The highest BCUT2D eigenvalue weighted by atomic mass is 32.2. The van der Waals surface area contributed by atoms with E-state index < -0.39 is 14.6 Å². The molecule has 0 saturated heterocycles. The molecule has 0 aliphatic rings. The first-order valence-corrected chi connectivity index (χ1v) is 10.9. The quantitative estimate of drug-likeness (QED) is 0.631. The van der Waals surface area contributed by atoms with Crippen molar-refractivity contribution in [2.45, 2.75) is 57.6 Å². The molecule has 0 atom stereocenters. The number of thiophene rings is 1. The first-order valence-electron chi connectivity index (χ1n) is 8.39. The molecule has 132 valence electrons. The van der Waals surface area contributed by atoms with Gasteiger partial charge in [0, 0.05) is 17.5 Å². The minimum atomic E-state index is -3.05. The standard InChI is InChI=1S/C19H26O3S2/c1-19(2,3)24(21,22)12-6-4-5-7-17(20)14-15-8-9-18-16(13-15)10-11-23-18/h8-11,13H,4-7,12,14H2,1-3H3. The monoisotopic (exact) mass is 366 g/mol. The van der Waals surface area contributed by atoms with Crippen LogP contribution in [-0.4, -0.2) is 24.7 Å². The molecule has 24 heavy (non-hydrogen) atoms. The highest BCUT2D eigenvalue weighted by Crippen LogP contribution is 2.22. The van der Waals surface area contributed by atoms with Crippen molar-refractivity contribution in [2.75, 3.05) is 5.75 Å². The number of hydrogen-bond acceptors (Lipinski definition) is 4. The van der Waals surface area contributed by atoms with E-state index in [4.69, 9.17) is 0 Å². The number of hydrogen-bond donors (Lipinski definition) is 0. The van der Waals surface area contributed by atoms with Crippen molar-refractivity contribution in [3.05, 3.63) is 35.2 Å². The Morgan fingerprint density at radius 1 is 1.08 bits per heavy atom. The Kier molecular flexibility index (Phi) is 6.21. The molecule has 0 radical (unpaired) electrons. The van der Waals surface area contributed by atoms with Gasteiger partial charge in [-0.2, -0.15) is 0 Å². The van der Waals surface area contributed by atoms with Gasteiger partial charge in [-0.05, 0) is 68.1 Å². The third kappa shape index (κ3) is 5.15. The minimum absolute atomic E-state index is 0.208. The predicted octanol–water partition coefficient (Wildman–Crippen LogP) is 4.79. The van der Waals surface area contributed by atoms with Gasteiger partial charge in [0.2, 0.25) is 0 Å². The SMILES string of the molecule is CC(C)(C)S(=O)(=O)CCCCCC(=O)Cc1ccc2sccc2c1. The molecule has 0 bridgehead atoms. The summed E-state index contributed by atoms with van der Waals surface area (Å²) in [4.78, 5) is 12.1. The van der Waals surface area contributed by atoms with Crippen LogP contribution in [0.25, 0.3) is 10.1 Å². The molecule has 0 spiro atoms. The van der Waals surface area contributed by atoms with Gasteiger partial charge >= 0.3 is 0 Å². The van der Waals surface area contributed by atoms with Crippen LogP contribution in [0.3, 0.4) is 0 Å². The summed E-state index contributed by atoms with van der Waals surface area (Å²) in [5, 5.41) is 3.25. The average molecular weight is 367 g/mol. The first kappa shape index (κ1) is 19.1. The van der Waals surface area contributed by atoms with Crippen LogP contribution in [0.15, 0.2) is 29.6 Å². The molecule has 1 aromatic heterocycles. The second kappa shape index (κ2) is 7.79. The molecule has 2 rings (SSSR count). The molecular formula is C19H26O3S2. The molecule has 0 amide bonds. The van der Waals surface area contributed by atoms with Crippen LogP contribution in [0.4, 0.5) is 0 Å². The van der Waals surface area contributed by atoms with Crippen LogP contribution in [0.2, 0.25) is 0 Å². The number of Topliss-reactive ketones (excluding diaryl/α,β-unsaturated/α-hetero) is 1. The number of ketones is 1. The summed E-state index contributed by atoms with van der Waals surface area (Å²) in [6.07, 6.45) is 3.17. The van der Waals surface area contributed by atoms with Crippen LogP contribution < -0.4 is 0 Å². The number of sulfone groups is 1. The summed E-state index contributed by atoms with van der Waals surface area (Å²) in [5.41, 5.74) is 1.06. The fourth-order valence-electron chi connectivity index (χ4n) is 2.54. The molecular weight excluding hydrogens is 340 g/mol. The Bertz CT molecular complexity index is 795. The second-order valence-electron chi connectivity index (χ2n) is 7.25. The van der Waals surface area contributed by atoms with Crippen molar-refractivity contribution in [3.63, 3.8) is 0 Å². The molecule has 1 aromatic carbocycles. The van der Waals surface area contributed by atoms with E-state index in [9.17, 15) is 13.2 Å². The van der Waals surface area contributed by atoms with Crippen LogP contribution >= 0.6 is 11.3 Å². The summed E-state index contributed by atoms with van der Waals surface area (Å²) in [6.45, 7) is 5.20. The van der Waals surface area contributed by atoms with E-state index >= 15 is 0 Å². The summed E-state index contributed by atoms with van der Waals surface area (Å²) in [7, 11) is -3.05. The zero-order chi connectivity index (χ0) is 17.8. The summed E-state index contributed by atoms with van der Waals surface area (Å²) < 4.78 is 24.6.